The molecule has 0 aromatic carbocycles. The monoisotopic (exact) mass is 193 g/mol. The second-order valence-electron chi connectivity index (χ2n) is 3.85. The second kappa shape index (κ2) is 3.46. The van der Waals surface area contributed by atoms with E-state index in [1.807, 2.05) is 19.3 Å². The van der Waals surface area contributed by atoms with Gasteiger partial charge in [0.2, 0.25) is 0 Å². The Morgan fingerprint density at radius 1 is 1.43 bits per heavy atom. The maximum Gasteiger partial charge on any atom is 0.0813 e. The molecule has 0 saturated carbocycles. The molecular weight excluding hydrogens is 178 g/mol. The predicted octanol–water partition coefficient (Wildman–Crippen LogP) is 1.32. The molecule has 4 heteroatoms. The van der Waals surface area contributed by atoms with Crippen molar-refractivity contribution in [3.05, 3.63) is 18.5 Å². The van der Waals surface area contributed by atoms with Crippen LogP contribution in [-0.2, 0) is 4.74 Å². The fourth-order valence-corrected chi connectivity index (χ4v) is 1.52. The van der Waals surface area contributed by atoms with Gasteiger partial charge in [-0.15, -0.1) is 0 Å². The summed E-state index contributed by atoms with van der Waals surface area (Å²) in [5.74, 6) is 0. The van der Waals surface area contributed by atoms with Crippen LogP contribution in [0, 0.1) is 0 Å². The van der Waals surface area contributed by atoms with Gasteiger partial charge in [-0.25, -0.2) is 0 Å². The number of nitrogens with one attached hydrogen (secondary N) is 2. The van der Waals surface area contributed by atoms with Crippen LogP contribution >= 0.6 is 0 Å². The maximum absolute atomic E-state index is 5.18. The molecule has 0 amide bonds. The van der Waals surface area contributed by atoms with Gasteiger partial charge < -0.3 is 15.4 Å². The lowest BCUT2D eigenvalue weighted by atomic mass is 10.0. The summed E-state index contributed by atoms with van der Waals surface area (Å²) in [6, 6.07) is 1.95. The zero-order valence-electron chi connectivity index (χ0n) is 8.50. The summed E-state index contributed by atoms with van der Waals surface area (Å²) in [4.78, 5) is 4.09. The Labute approximate surface area is 83.7 Å². The van der Waals surface area contributed by atoms with E-state index >= 15 is 0 Å². The number of nitrogens with zero attached hydrogens (tertiary/aromatic N) is 1. The molecule has 1 aromatic heterocycles. The molecular formula is C10H15N3O. The lowest BCUT2D eigenvalue weighted by Gasteiger charge is -2.39. The first kappa shape index (κ1) is 9.27. The second-order valence-corrected chi connectivity index (χ2v) is 3.85. The molecule has 2 rings (SSSR count). The molecule has 1 aromatic rings. The van der Waals surface area contributed by atoms with Crippen LogP contribution in [0.4, 0.5) is 11.4 Å². The molecule has 0 spiro atoms. The Balaban J connectivity index is 2.15. The van der Waals surface area contributed by atoms with E-state index < -0.39 is 0 Å². The van der Waals surface area contributed by atoms with E-state index in [0.29, 0.717) is 0 Å². The SMILES string of the molecule is CNc1ccncc1NC1(C)COC1. The third-order valence-electron chi connectivity index (χ3n) is 2.37. The molecule has 0 radical (unpaired) electrons. The quantitative estimate of drug-likeness (QED) is 0.760. The number of rotatable bonds is 3. The molecule has 76 valence electrons. The molecule has 1 fully saturated rings. The van der Waals surface area contributed by atoms with Crippen molar-refractivity contribution in [3.8, 4) is 0 Å². The van der Waals surface area contributed by atoms with E-state index in [1.54, 1.807) is 6.20 Å². The van der Waals surface area contributed by atoms with Gasteiger partial charge in [0.25, 0.3) is 0 Å². The van der Waals surface area contributed by atoms with E-state index in [9.17, 15) is 0 Å². The average molecular weight is 193 g/mol. The van der Waals surface area contributed by atoms with E-state index in [1.165, 1.54) is 0 Å². The minimum absolute atomic E-state index is 0.0641. The summed E-state index contributed by atoms with van der Waals surface area (Å²) in [6.45, 7) is 3.65. The Morgan fingerprint density at radius 3 is 2.79 bits per heavy atom. The molecule has 0 atom stereocenters. The molecule has 2 N–H and O–H groups in total. The Hall–Kier alpha value is -1.29. The van der Waals surface area contributed by atoms with E-state index in [2.05, 4.69) is 22.5 Å². The summed E-state index contributed by atoms with van der Waals surface area (Å²) in [7, 11) is 1.90. The van der Waals surface area contributed by atoms with Gasteiger partial charge in [-0.3, -0.25) is 4.98 Å². The standard InChI is InChI=1S/C10H15N3O/c1-10(6-14-7-10)13-9-5-12-4-3-8(9)11-2/h3-5,13H,6-7H2,1-2H3,(H,11,12). The molecule has 1 aliphatic rings. The minimum atomic E-state index is 0.0641. The number of hydrogen-bond acceptors (Lipinski definition) is 4. The third-order valence-corrected chi connectivity index (χ3v) is 2.37. The van der Waals surface area contributed by atoms with Gasteiger partial charge in [0.05, 0.1) is 36.3 Å². The normalized spacial score (nSPS) is 18.4. The first-order chi connectivity index (χ1) is 6.73. The first-order valence-corrected chi connectivity index (χ1v) is 4.71. The van der Waals surface area contributed by atoms with Gasteiger partial charge in [0, 0.05) is 13.2 Å². The summed E-state index contributed by atoms with van der Waals surface area (Å²) in [5.41, 5.74) is 2.16. The van der Waals surface area contributed by atoms with Crippen molar-refractivity contribution in [3.63, 3.8) is 0 Å². The summed E-state index contributed by atoms with van der Waals surface area (Å²) in [6.07, 6.45) is 3.60. The van der Waals surface area contributed by atoms with Crippen molar-refractivity contribution < 1.29 is 4.74 Å². The summed E-state index contributed by atoms with van der Waals surface area (Å²) in [5, 5.41) is 6.55. The topological polar surface area (TPSA) is 46.2 Å². The highest BCUT2D eigenvalue weighted by Crippen LogP contribution is 2.26. The molecule has 2 heterocycles. The van der Waals surface area contributed by atoms with Crippen molar-refractivity contribution in [2.45, 2.75) is 12.5 Å². The zero-order chi connectivity index (χ0) is 10.0. The minimum Gasteiger partial charge on any atom is -0.386 e. The van der Waals surface area contributed by atoms with Crippen LogP contribution in [0.2, 0.25) is 0 Å². The van der Waals surface area contributed by atoms with Crippen LogP contribution in [0.5, 0.6) is 0 Å². The third kappa shape index (κ3) is 1.65. The van der Waals surface area contributed by atoms with E-state index in [0.717, 1.165) is 24.6 Å². The summed E-state index contributed by atoms with van der Waals surface area (Å²) >= 11 is 0. The predicted molar refractivity (Wildman–Crippen MR) is 56.6 cm³/mol. The van der Waals surface area contributed by atoms with Crippen LogP contribution in [0.3, 0.4) is 0 Å². The maximum atomic E-state index is 5.18. The van der Waals surface area contributed by atoms with Crippen molar-refractivity contribution in [1.82, 2.24) is 4.98 Å². The highest BCUT2D eigenvalue weighted by Gasteiger charge is 2.33. The molecule has 1 saturated heterocycles. The lowest BCUT2D eigenvalue weighted by Crippen LogP contribution is -2.53. The number of anilines is 2. The number of pyridine rings is 1. The van der Waals surface area contributed by atoms with Crippen LogP contribution in [0.25, 0.3) is 0 Å². The van der Waals surface area contributed by atoms with Gasteiger partial charge in [-0.1, -0.05) is 0 Å². The van der Waals surface area contributed by atoms with E-state index in [-0.39, 0.29) is 5.54 Å². The van der Waals surface area contributed by atoms with Crippen LogP contribution in [0.1, 0.15) is 6.92 Å². The smallest absolute Gasteiger partial charge is 0.0813 e. The van der Waals surface area contributed by atoms with Crippen molar-refractivity contribution in [2.75, 3.05) is 30.9 Å². The number of ether oxygens (including phenoxy) is 1. The highest BCUT2D eigenvalue weighted by molar-refractivity contribution is 5.68. The highest BCUT2D eigenvalue weighted by atomic mass is 16.5. The molecule has 14 heavy (non-hydrogen) atoms. The van der Waals surface area contributed by atoms with Gasteiger partial charge >= 0.3 is 0 Å². The Bertz CT molecular complexity index is 323. The van der Waals surface area contributed by atoms with Crippen LogP contribution in [-0.4, -0.2) is 30.8 Å². The van der Waals surface area contributed by atoms with Crippen molar-refractivity contribution in [1.29, 1.82) is 0 Å². The molecule has 0 unspecified atom stereocenters. The Morgan fingerprint density at radius 2 is 2.21 bits per heavy atom. The van der Waals surface area contributed by atoms with Crippen LogP contribution < -0.4 is 10.6 Å². The van der Waals surface area contributed by atoms with Crippen molar-refractivity contribution >= 4 is 11.4 Å². The molecule has 4 nitrogen and oxygen atoms in total. The fraction of sp³-hybridized carbons (Fsp3) is 0.500. The van der Waals surface area contributed by atoms with Gasteiger partial charge in [0.1, 0.15) is 0 Å². The lowest BCUT2D eigenvalue weighted by molar-refractivity contribution is -0.0318. The van der Waals surface area contributed by atoms with Crippen LogP contribution in [0.15, 0.2) is 18.5 Å². The molecule has 0 bridgehead atoms. The molecule has 0 aliphatic carbocycles. The van der Waals surface area contributed by atoms with Gasteiger partial charge in [-0.05, 0) is 13.0 Å². The Kier molecular flexibility index (Phi) is 2.29. The number of aromatic nitrogens is 1. The van der Waals surface area contributed by atoms with Gasteiger partial charge in [0.15, 0.2) is 0 Å². The van der Waals surface area contributed by atoms with Gasteiger partial charge in [-0.2, -0.15) is 0 Å². The molecule has 1 aliphatic heterocycles. The summed E-state index contributed by atoms with van der Waals surface area (Å²) < 4.78 is 5.18. The first-order valence-electron chi connectivity index (χ1n) is 4.71. The average Bonchev–Trinajstić information content (AvgIpc) is 2.16. The number of hydrogen-bond donors (Lipinski definition) is 2. The van der Waals surface area contributed by atoms with Crippen molar-refractivity contribution in [2.24, 2.45) is 0 Å². The largest absolute Gasteiger partial charge is 0.386 e. The fourth-order valence-electron chi connectivity index (χ4n) is 1.52. The van der Waals surface area contributed by atoms with E-state index in [4.69, 9.17) is 4.74 Å². The zero-order valence-corrected chi connectivity index (χ0v) is 8.50.